The molecule has 1 amide bonds. The highest BCUT2D eigenvalue weighted by molar-refractivity contribution is 5.92. The predicted molar refractivity (Wildman–Crippen MR) is 57.3 cm³/mol. The number of hydrogen-bond donors (Lipinski definition) is 0. The van der Waals surface area contributed by atoms with Crippen molar-refractivity contribution in [2.45, 2.75) is 27.2 Å². The number of pyridine rings is 1. The molecular formula is C11H16N2O. The Hall–Kier alpha value is -1.38. The van der Waals surface area contributed by atoms with Crippen LogP contribution < -0.4 is 4.90 Å². The smallest absolute Gasteiger partial charge is 0.227 e. The van der Waals surface area contributed by atoms with Gasteiger partial charge in [-0.1, -0.05) is 13.0 Å². The van der Waals surface area contributed by atoms with Crippen LogP contribution in [0.5, 0.6) is 0 Å². The number of carbonyl (C=O) groups is 1. The second kappa shape index (κ2) is 4.74. The predicted octanol–water partition coefficient (Wildman–Crippen LogP) is 2.15. The van der Waals surface area contributed by atoms with Gasteiger partial charge in [-0.25, -0.2) is 4.98 Å². The Morgan fingerprint density at radius 3 is 2.57 bits per heavy atom. The van der Waals surface area contributed by atoms with Crippen molar-refractivity contribution in [1.29, 1.82) is 0 Å². The van der Waals surface area contributed by atoms with Gasteiger partial charge in [-0.3, -0.25) is 9.69 Å². The minimum atomic E-state index is 0.115. The summed E-state index contributed by atoms with van der Waals surface area (Å²) in [5, 5.41) is 0. The van der Waals surface area contributed by atoms with Gasteiger partial charge in [-0.2, -0.15) is 0 Å². The van der Waals surface area contributed by atoms with E-state index in [9.17, 15) is 4.79 Å². The van der Waals surface area contributed by atoms with E-state index < -0.39 is 0 Å². The van der Waals surface area contributed by atoms with Crippen LogP contribution in [0.1, 0.15) is 25.8 Å². The van der Waals surface area contributed by atoms with Crippen LogP contribution >= 0.6 is 0 Å². The molecule has 0 saturated carbocycles. The Bertz CT molecular complexity index is 306. The molecule has 1 rings (SSSR count). The highest BCUT2D eigenvalue weighted by Crippen LogP contribution is 2.11. The van der Waals surface area contributed by atoms with Gasteiger partial charge in [0.1, 0.15) is 5.82 Å². The van der Waals surface area contributed by atoms with Gasteiger partial charge in [0.2, 0.25) is 5.91 Å². The van der Waals surface area contributed by atoms with Crippen molar-refractivity contribution >= 4 is 11.7 Å². The summed E-state index contributed by atoms with van der Waals surface area (Å²) in [5.74, 6) is 0.855. The molecule has 0 aromatic carbocycles. The van der Waals surface area contributed by atoms with E-state index >= 15 is 0 Å². The van der Waals surface area contributed by atoms with Crippen molar-refractivity contribution in [2.75, 3.05) is 11.4 Å². The molecule has 0 aliphatic heterocycles. The molecule has 0 atom stereocenters. The van der Waals surface area contributed by atoms with Gasteiger partial charge in [0, 0.05) is 19.2 Å². The zero-order valence-corrected chi connectivity index (χ0v) is 8.95. The molecule has 0 N–H and O–H groups in total. The van der Waals surface area contributed by atoms with Crippen LogP contribution in [0.25, 0.3) is 0 Å². The first-order chi connectivity index (χ1) is 6.69. The van der Waals surface area contributed by atoms with Gasteiger partial charge in [0.25, 0.3) is 0 Å². The van der Waals surface area contributed by atoms with E-state index in [-0.39, 0.29) is 5.91 Å². The van der Waals surface area contributed by atoms with Crippen molar-refractivity contribution < 1.29 is 4.79 Å². The van der Waals surface area contributed by atoms with Crippen molar-refractivity contribution in [3.05, 3.63) is 23.9 Å². The Labute approximate surface area is 84.8 Å². The molecule has 3 heteroatoms. The molecule has 1 aromatic rings. The topological polar surface area (TPSA) is 33.2 Å². The molecular weight excluding hydrogens is 176 g/mol. The molecule has 0 radical (unpaired) electrons. The Balaban J connectivity index is 2.89. The zero-order valence-electron chi connectivity index (χ0n) is 8.95. The monoisotopic (exact) mass is 192 g/mol. The lowest BCUT2D eigenvalue weighted by Gasteiger charge is -2.18. The number of carbonyl (C=O) groups excluding carboxylic acids is 1. The highest BCUT2D eigenvalue weighted by atomic mass is 16.2. The van der Waals surface area contributed by atoms with Crippen LogP contribution in [-0.2, 0) is 4.79 Å². The molecule has 14 heavy (non-hydrogen) atoms. The number of nitrogens with zero attached hydrogens (tertiary/aromatic N) is 2. The number of hydrogen-bond acceptors (Lipinski definition) is 2. The third-order valence-electron chi connectivity index (χ3n) is 2.09. The molecule has 76 valence electrons. The average molecular weight is 192 g/mol. The normalized spacial score (nSPS) is 9.93. The molecule has 1 heterocycles. The molecule has 0 aliphatic carbocycles. The summed E-state index contributed by atoms with van der Waals surface area (Å²) >= 11 is 0. The minimum Gasteiger partial charge on any atom is -0.297 e. The third-order valence-corrected chi connectivity index (χ3v) is 2.09. The number of anilines is 1. The molecule has 1 aromatic heterocycles. The fourth-order valence-corrected chi connectivity index (χ4v) is 1.28. The minimum absolute atomic E-state index is 0.115. The number of aromatic nitrogens is 1. The fourth-order valence-electron chi connectivity index (χ4n) is 1.28. The van der Waals surface area contributed by atoms with Crippen LogP contribution in [-0.4, -0.2) is 17.4 Å². The Kier molecular flexibility index (Phi) is 3.63. The lowest BCUT2D eigenvalue weighted by molar-refractivity contribution is -0.118. The number of rotatable bonds is 3. The van der Waals surface area contributed by atoms with Gasteiger partial charge in [-0.05, 0) is 25.5 Å². The molecule has 0 unspecified atom stereocenters. The number of aryl methyl sites for hydroxylation is 1. The van der Waals surface area contributed by atoms with E-state index in [4.69, 9.17) is 0 Å². The molecule has 0 bridgehead atoms. The van der Waals surface area contributed by atoms with Crippen LogP contribution in [0.15, 0.2) is 18.3 Å². The first-order valence-electron chi connectivity index (χ1n) is 4.92. The SMILES string of the molecule is CCC(=O)N(CC)c1ccc(C)cn1. The Morgan fingerprint density at radius 2 is 2.14 bits per heavy atom. The summed E-state index contributed by atoms with van der Waals surface area (Å²) in [6.07, 6.45) is 2.30. The summed E-state index contributed by atoms with van der Waals surface area (Å²) in [6, 6.07) is 3.85. The lowest BCUT2D eigenvalue weighted by atomic mass is 10.3. The van der Waals surface area contributed by atoms with Gasteiger partial charge in [0.15, 0.2) is 0 Å². The second-order valence-corrected chi connectivity index (χ2v) is 3.19. The summed E-state index contributed by atoms with van der Waals surface area (Å²) < 4.78 is 0. The first kappa shape index (κ1) is 10.7. The van der Waals surface area contributed by atoms with Crippen LogP contribution in [0.2, 0.25) is 0 Å². The van der Waals surface area contributed by atoms with E-state index in [0.717, 1.165) is 11.4 Å². The van der Waals surface area contributed by atoms with Gasteiger partial charge in [-0.15, -0.1) is 0 Å². The molecule has 0 fully saturated rings. The second-order valence-electron chi connectivity index (χ2n) is 3.19. The third kappa shape index (κ3) is 2.31. The van der Waals surface area contributed by atoms with E-state index in [0.29, 0.717) is 13.0 Å². The van der Waals surface area contributed by atoms with E-state index in [1.165, 1.54) is 0 Å². The number of amides is 1. The van der Waals surface area contributed by atoms with Gasteiger partial charge >= 0.3 is 0 Å². The zero-order chi connectivity index (χ0) is 10.6. The maximum atomic E-state index is 11.5. The molecule has 3 nitrogen and oxygen atoms in total. The van der Waals surface area contributed by atoms with Crippen molar-refractivity contribution in [3.63, 3.8) is 0 Å². The quantitative estimate of drug-likeness (QED) is 0.735. The van der Waals surface area contributed by atoms with Crippen molar-refractivity contribution in [2.24, 2.45) is 0 Å². The van der Waals surface area contributed by atoms with Crippen molar-refractivity contribution in [1.82, 2.24) is 4.98 Å². The fraction of sp³-hybridized carbons (Fsp3) is 0.455. The first-order valence-corrected chi connectivity index (χ1v) is 4.92. The van der Waals surface area contributed by atoms with E-state index in [2.05, 4.69) is 4.98 Å². The van der Waals surface area contributed by atoms with E-state index in [1.807, 2.05) is 32.9 Å². The maximum Gasteiger partial charge on any atom is 0.227 e. The summed E-state index contributed by atoms with van der Waals surface area (Å²) in [6.45, 7) is 6.46. The summed E-state index contributed by atoms with van der Waals surface area (Å²) in [5.41, 5.74) is 1.11. The highest BCUT2D eigenvalue weighted by Gasteiger charge is 2.11. The summed E-state index contributed by atoms with van der Waals surface area (Å²) in [4.78, 5) is 17.4. The molecule has 0 aliphatic rings. The van der Waals surface area contributed by atoms with Crippen molar-refractivity contribution in [3.8, 4) is 0 Å². The van der Waals surface area contributed by atoms with Crippen LogP contribution in [0, 0.1) is 6.92 Å². The standard InChI is InChI=1S/C11H16N2O/c1-4-11(14)13(5-2)10-7-6-9(3)8-12-10/h6-8H,4-5H2,1-3H3. The molecule has 0 spiro atoms. The van der Waals surface area contributed by atoms with E-state index in [1.54, 1.807) is 11.1 Å². The molecule has 0 saturated heterocycles. The summed E-state index contributed by atoms with van der Waals surface area (Å²) in [7, 11) is 0. The lowest BCUT2D eigenvalue weighted by Crippen LogP contribution is -2.30. The van der Waals surface area contributed by atoms with Gasteiger partial charge < -0.3 is 0 Å². The average Bonchev–Trinajstić information content (AvgIpc) is 2.21. The maximum absolute atomic E-state index is 11.5. The van der Waals surface area contributed by atoms with Crippen LogP contribution in [0.4, 0.5) is 5.82 Å². The largest absolute Gasteiger partial charge is 0.297 e. The van der Waals surface area contributed by atoms with Crippen LogP contribution in [0.3, 0.4) is 0 Å². The van der Waals surface area contributed by atoms with Gasteiger partial charge in [0.05, 0.1) is 0 Å². The Morgan fingerprint density at radius 1 is 1.43 bits per heavy atom.